The number of benzene rings is 7. The third-order valence-electron chi connectivity index (χ3n) is 8.71. The first-order valence-corrected chi connectivity index (χ1v) is 16.0. The molecule has 2 nitrogen and oxygen atoms in total. The number of rotatable bonds is 5. The Kier molecular flexibility index (Phi) is 6.03. The van der Waals surface area contributed by atoms with Crippen LogP contribution in [-0.4, -0.2) is 0 Å². The van der Waals surface area contributed by atoms with Crippen molar-refractivity contribution < 1.29 is 4.42 Å². The molecule has 7 aromatic carbocycles. The molecule has 2 aromatic heterocycles. The van der Waals surface area contributed by atoms with E-state index in [1.807, 2.05) is 17.4 Å². The van der Waals surface area contributed by atoms with E-state index < -0.39 is 0 Å². The van der Waals surface area contributed by atoms with Gasteiger partial charge in [0.15, 0.2) is 5.58 Å². The van der Waals surface area contributed by atoms with E-state index >= 15 is 0 Å². The van der Waals surface area contributed by atoms with Crippen LogP contribution in [0.2, 0.25) is 0 Å². The van der Waals surface area contributed by atoms with Gasteiger partial charge >= 0.3 is 0 Å². The zero-order valence-electron chi connectivity index (χ0n) is 24.3. The summed E-state index contributed by atoms with van der Waals surface area (Å²) in [5.74, 6) is 0. The SMILES string of the molecule is c1ccc(-c2ccc(-c3cccc4c3oc3c(Nc5ccc6c(sc7ccccc76)c5-c5ccccc5)cccc34)cc2)cc1. The van der Waals surface area contributed by atoms with Crippen LogP contribution in [0.4, 0.5) is 11.4 Å². The summed E-state index contributed by atoms with van der Waals surface area (Å²) in [4.78, 5) is 0. The Bertz CT molecular complexity index is 2490. The molecule has 0 bridgehead atoms. The molecular formula is C42H27NOS. The van der Waals surface area contributed by atoms with Gasteiger partial charge in [0.2, 0.25) is 0 Å². The molecule has 0 radical (unpaired) electrons. The van der Waals surface area contributed by atoms with Crippen molar-refractivity contribution in [1.82, 2.24) is 0 Å². The van der Waals surface area contributed by atoms with Crippen LogP contribution >= 0.6 is 11.3 Å². The van der Waals surface area contributed by atoms with Crippen LogP contribution < -0.4 is 5.32 Å². The summed E-state index contributed by atoms with van der Waals surface area (Å²) in [5, 5.41) is 8.60. The summed E-state index contributed by atoms with van der Waals surface area (Å²) >= 11 is 1.85. The van der Waals surface area contributed by atoms with Gasteiger partial charge in [0.1, 0.15) is 5.58 Å². The Morgan fingerprint density at radius 3 is 1.82 bits per heavy atom. The Morgan fingerprint density at radius 2 is 1.02 bits per heavy atom. The van der Waals surface area contributed by atoms with Crippen molar-refractivity contribution >= 4 is 64.8 Å². The van der Waals surface area contributed by atoms with E-state index in [1.54, 1.807) is 0 Å². The lowest BCUT2D eigenvalue weighted by Crippen LogP contribution is -1.94. The molecule has 2 heterocycles. The highest BCUT2D eigenvalue weighted by Crippen LogP contribution is 2.46. The molecule has 1 N–H and O–H groups in total. The number of anilines is 2. The molecule has 3 heteroatoms. The minimum Gasteiger partial charge on any atom is -0.453 e. The Balaban J connectivity index is 1.18. The second kappa shape index (κ2) is 10.5. The van der Waals surface area contributed by atoms with Crippen molar-refractivity contribution in [2.24, 2.45) is 0 Å². The summed E-state index contributed by atoms with van der Waals surface area (Å²) in [6.45, 7) is 0. The highest BCUT2D eigenvalue weighted by atomic mass is 32.1. The maximum absolute atomic E-state index is 6.78. The predicted molar refractivity (Wildman–Crippen MR) is 193 cm³/mol. The van der Waals surface area contributed by atoms with Gasteiger partial charge < -0.3 is 9.73 Å². The molecule has 0 aliphatic rings. The monoisotopic (exact) mass is 593 g/mol. The van der Waals surface area contributed by atoms with E-state index in [2.05, 4.69) is 157 Å². The average Bonchev–Trinajstić information content (AvgIpc) is 3.68. The van der Waals surface area contributed by atoms with Crippen LogP contribution in [0.5, 0.6) is 0 Å². The van der Waals surface area contributed by atoms with E-state index in [-0.39, 0.29) is 0 Å². The first-order chi connectivity index (χ1) is 22.3. The lowest BCUT2D eigenvalue weighted by atomic mass is 9.99. The standard InChI is InChI=1S/C42H27NOS/c1-3-11-27(12-4-1)28-21-23-29(24-22-28)31-16-9-17-33-34-18-10-19-37(41(34)44-40(31)33)43-36-26-25-35-32-15-7-8-20-38(32)45-42(35)39(36)30-13-5-2-6-14-30/h1-26,43H. The summed E-state index contributed by atoms with van der Waals surface area (Å²) in [7, 11) is 0. The van der Waals surface area contributed by atoms with E-state index in [0.717, 1.165) is 44.4 Å². The zero-order valence-corrected chi connectivity index (χ0v) is 25.1. The van der Waals surface area contributed by atoms with E-state index in [0.29, 0.717) is 0 Å². The lowest BCUT2D eigenvalue weighted by Gasteiger charge is -2.14. The molecule has 0 atom stereocenters. The molecule has 0 saturated heterocycles. The molecule has 0 amide bonds. The normalized spacial score (nSPS) is 11.6. The van der Waals surface area contributed by atoms with E-state index in [1.165, 1.54) is 42.4 Å². The van der Waals surface area contributed by atoms with Crippen LogP contribution in [0.15, 0.2) is 162 Å². The van der Waals surface area contributed by atoms with Crippen molar-refractivity contribution in [1.29, 1.82) is 0 Å². The number of hydrogen-bond donors (Lipinski definition) is 1. The van der Waals surface area contributed by atoms with Gasteiger partial charge in [0.05, 0.1) is 5.69 Å². The largest absolute Gasteiger partial charge is 0.453 e. The molecule has 45 heavy (non-hydrogen) atoms. The first kappa shape index (κ1) is 25.8. The Morgan fingerprint density at radius 1 is 0.400 bits per heavy atom. The predicted octanol–water partition coefficient (Wildman–Crippen LogP) is 12.7. The number of nitrogens with one attached hydrogen (secondary N) is 1. The number of para-hydroxylation sites is 2. The van der Waals surface area contributed by atoms with Gasteiger partial charge in [0.25, 0.3) is 0 Å². The molecule has 0 saturated carbocycles. The fraction of sp³-hybridized carbons (Fsp3) is 0. The van der Waals surface area contributed by atoms with Gasteiger partial charge in [-0.15, -0.1) is 11.3 Å². The summed E-state index contributed by atoms with van der Waals surface area (Å²) in [6.07, 6.45) is 0. The summed E-state index contributed by atoms with van der Waals surface area (Å²) < 4.78 is 9.36. The van der Waals surface area contributed by atoms with Crippen LogP contribution in [0.1, 0.15) is 0 Å². The van der Waals surface area contributed by atoms with Crippen LogP contribution in [0, 0.1) is 0 Å². The quantitative estimate of drug-likeness (QED) is 0.215. The highest BCUT2D eigenvalue weighted by Gasteiger charge is 2.18. The van der Waals surface area contributed by atoms with Gasteiger partial charge in [-0.2, -0.15) is 0 Å². The molecule has 9 aromatic rings. The van der Waals surface area contributed by atoms with Crippen molar-refractivity contribution in [3.8, 4) is 33.4 Å². The molecule has 212 valence electrons. The molecule has 0 spiro atoms. The average molecular weight is 594 g/mol. The smallest absolute Gasteiger partial charge is 0.158 e. The van der Waals surface area contributed by atoms with Crippen LogP contribution in [0.25, 0.3) is 75.5 Å². The minimum atomic E-state index is 0.858. The maximum atomic E-state index is 6.78. The Hall–Kier alpha value is -5.64. The second-order valence-electron chi connectivity index (χ2n) is 11.4. The van der Waals surface area contributed by atoms with Crippen LogP contribution in [0.3, 0.4) is 0 Å². The maximum Gasteiger partial charge on any atom is 0.158 e. The van der Waals surface area contributed by atoms with E-state index in [9.17, 15) is 0 Å². The third-order valence-corrected chi connectivity index (χ3v) is 9.91. The summed E-state index contributed by atoms with van der Waals surface area (Å²) in [6, 6.07) is 55.9. The van der Waals surface area contributed by atoms with Crippen molar-refractivity contribution in [3.63, 3.8) is 0 Å². The molecule has 0 aliphatic heterocycles. The fourth-order valence-electron chi connectivity index (χ4n) is 6.55. The Labute approximate surface area is 264 Å². The summed E-state index contributed by atoms with van der Waals surface area (Å²) in [5.41, 5.74) is 10.8. The molecule has 0 fully saturated rings. The van der Waals surface area contributed by atoms with Crippen molar-refractivity contribution in [2.75, 3.05) is 5.32 Å². The van der Waals surface area contributed by atoms with Gasteiger partial charge in [-0.25, -0.2) is 0 Å². The highest BCUT2D eigenvalue weighted by molar-refractivity contribution is 7.26. The molecule has 0 unspecified atom stereocenters. The van der Waals surface area contributed by atoms with Gasteiger partial charge in [-0.1, -0.05) is 140 Å². The van der Waals surface area contributed by atoms with Crippen molar-refractivity contribution in [3.05, 3.63) is 158 Å². The molecule has 0 aliphatic carbocycles. The number of hydrogen-bond acceptors (Lipinski definition) is 3. The zero-order chi connectivity index (χ0) is 29.7. The lowest BCUT2D eigenvalue weighted by molar-refractivity contribution is 0.671. The molecular weight excluding hydrogens is 567 g/mol. The van der Waals surface area contributed by atoms with Gasteiger partial charge in [0, 0.05) is 47.8 Å². The minimum absolute atomic E-state index is 0.858. The topological polar surface area (TPSA) is 25.2 Å². The fourth-order valence-corrected chi connectivity index (χ4v) is 7.82. The van der Waals surface area contributed by atoms with E-state index in [4.69, 9.17) is 4.42 Å². The van der Waals surface area contributed by atoms with Crippen molar-refractivity contribution in [2.45, 2.75) is 0 Å². The van der Waals surface area contributed by atoms with Gasteiger partial charge in [-0.3, -0.25) is 0 Å². The number of thiophene rings is 1. The number of fused-ring (bicyclic) bond motifs is 6. The number of furan rings is 1. The second-order valence-corrected chi connectivity index (χ2v) is 12.4. The van der Waals surface area contributed by atoms with Crippen LogP contribution in [-0.2, 0) is 0 Å². The first-order valence-electron chi connectivity index (χ1n) is 15.2. The van der Waals surface area contributed by atoms with Gasteiger partial charge in [-0.05, 0) is 40.5 Å². The third kappa shape index (κ3) is 4.32. The molecule has 9 rings (SSSR count).